The van der Waals surface area contributed by atoms with Gasteiger partial charge in [-0.05, 0) is 26.2 Å². The number of aromatic nitrogens is 2. The molecule has 3 N–H and O–H groups in total. The van der Waals surface area contributed by atoms with Gasteiger partial charge in [0.05, 0.1) is 12.2 Å². The maximum atomic E-state index is 12.2. The van der Waals surface area contributed by atoms with Gasteiger partial charge in [0.2, 0.25) is 0 Å². The van der Waals surface area contributed by atoms with Crippen molar-refractivity contribution in [3.8, 4) is 0 Å². The van der Waals surface area contributed by atoms with Crippen LogP contribution in [0.5, 0.6) is 0 Å². The van der Waals surface area contributed by atoms with Crippen molar-refractivity contribution >= 4 is 0 Å². The molecule has 1 aliphatic heterocycles. The van der Waals surface area contributed by atoms with Crippen molar-refractivity contribution in [2.75, 3.05) is 6.54 Å². The largest absolute Gasteiger partial charge is 0.390 e. The molecule has 146 valence electrons. The molecule has 7 nitrogen and oxygen atoms in total. The van der Waals surface area contributed by atoms with Crippen molar-refractivity contribution < 1.29 is 9.84 Å². The first-order chi connectivity index (χ1) is 12.3. The average molecular weight is 365 g/mol. The summed E-state index contributed by atoms with van der Waals surface area (Å²) in [4.78, 5) is 26.6. The second-order valence-corrected chi connectivity index (χ2v) is 7.41. The van der Waals surface area contributed by atoms with E-state index in [0.717, 1.165) is 12.8 Å². The van der Waals surface area contributed by atoms with E-state index >= 15 is 0 Å². The van der Waals surface area contributed by atoms with Crippen LogP contribution in [-0.4, -0.2) is 33.4 Å². The summed E-state index contributed by atoms with van der Waals surface area (Å²) >= 11 is 0. The van der Waals surface area contributed by atoms with Gasteiger partial charge in [-0.25, -0.2) is 4.79 Å². The van der Waals surface area contributed by atoms with Gasteiger partial charge in [-0.1, -0.05) is 31.9 Å². The number of allylic oxidation sites excluding steroid dienone is 1. The Kier molecular flexibility index (Phi) is 7.37. The van der Waals surface area contributed by atoms with Gasteiger partial charge in [-0.3, -0.25) is 14.3 Å². The van der Waals surface area contributed by atoms with Crippen LogP contribution in [0.4, 0.5) is 0 Å². The molecule has 0 aliphatic carbocycles. The molecule has 0 spiro atoms. The van der Waals surface area contributed by atoms with E-state index in [9.17, 15) is 14.7 Å². The lowest BCUT2D eigenvalue weighted by Crippen LogP contribution is -2.35. The van der Waals surface area contributed by atoms with E-state index in [1.54, 1.807) is 6.20 Å². The number of nitrogens with one attached hydrogen (secondary N) is 2. The van der Waals surface area contributed by atoms with Gasteiger partial charge in [0, 0.05) is 31.3 Å². The average Bonchev–Trinajstić information content (AvgIpc) is 2.93. The summed E-state index contributed by atoms with van der Waals surface area (Å²) in [5.74, 6) is 0.440. The predicted octanol–water partition coefficient (Wildman–Crippen LogP) is 1.68. The first-order valence-corrected chi connectivity index (χ1v) is 9.33. The van der Waals surface area contributed by atoms with E-state index in [0.29, 0.717) is 31.0 Å². The van der Waals surface area contributed by atoms with Gasteiger partial charge in [-0.15, -0.1) is 0 Å². The van der Waals surface area contributed by atoms with Crippen molar-refractivity contribution in [1.29, 1.82) is 0 Å². The van der Waals surface area contributed by atoms with E-state index < -0.39 is 23.6 Å². The monoisotopic (exact) mass is 365 g/mol. The normalized spacial score (nSPS) is 23.8. The zero-order valence-corrected chi connectivity index (χ0v) is 16.1. The molecule has 1 aromatic heterocycles. The highest BCUT2D eigenvalue weighted by Gasteiger charge is 2.36. The molecule has 2 heterocycles. The highest BCUT2D eigenvalue weighted by atomic mass is 16.5. The lowest BCUT2D eigenvalue weighted by Gasteiger charge is -2.19. The molecule has 3 unspecified atom stereocenters. The van der Waals surface area contributed by atoms with Gasteiger partial charge >= 0.3 is 5.69 Å². The molecule has 0 amide bonds. The van der Waals surface area contributed by atoms with Gasteiger partial charge in [0.1, 0.15) is 6.23 Å². The minimum Gasteiger partial charge on any atom is -0.390 e. The van der Waals surface area contributed by atoms with E-state index in [1.165, 1.54) is 10.1 Å². The lowest BCUT2D eigenvalue weighted by atomic mass is 9.98. The summed E-state index contributed by atoms with van der Waals surface area (Å²) in [7, 11) is 0. The fourth-order valence-corrected chi connectivity index (χ4v) is 3.01. The van der Waals surface area contributed by atoms with Crippen molar-refractivity contribution in [3.63, 3.8) is 0 Å². The van der Waals surface area contributed by atoms with Crippen molar-refractivity contribution in [3.05, 3.63) is 44.2 Å². The molecule has 0 aromatic carbocycles. The Balaban J connectivity index is 2.11. The minimum atomic E-state index is -0.605. The van der Waals surface area contributed by atoms with E-state index in [2.05, 4.69) is 24.1 Å². The van der Waals surface area contributed by atoms with Gasteiger partial charge < -0.3 is 15.2 Å². The molecular weight excluding hydrogens is 334 g/mol. The van der Waals surface area contributed by atoms with Crippen molar-refractivity contribution in [1.82, 2.24) is 14.9 Å². The Morgan fingerprint density at radius 2 is 2.23 bits per heavy atom. The molecule has 1 aromatic rings. The van der Waals surface area contributed by atoms with E-state index in [4.69, 9.17) is 4.74 Å². The summed E-state index contributed by atoms with van der Waals surface area (Å²) in [6.45, 7) is 9.23. The van der Waals surface area contributed by atoms with Crippen LogP contribution >= 0.6 is 0 Å². The summed E-state index contributed by atoms with van der Waals surface area (Å²) in [5, 5.41) is 13.4. The Hall–Kier alpha value is -1.70. The number of ether oxygens (including phenoxy) is 1. The van der Waals surface area contributed by atoms with Gasteiger partial charge in [-0.2, -0.15) is 0 Å². The van der Waals surface area contributed by atoms with E-state index in [1.807, 2.05) is 19.9 Å². The molecule has 7 heteroatoms. The third-order valence-corrected chi connectivity index (χ3v) is 4.86. The fraction of sp³-hybridized carbons (Fsp3) is 0.684. The lowest BCUT2D eigenvalue weighted by molar-refractivity contribution is -0.0310. The number of nitrogens with zero attached hydrogens (tertiary/aromatic N) is 1. The summed E-state index contributed by atoms with van der Waals surface area (Å²) in [6, 6.07) is 0. The van der Waals surface area contributed by atoms with Crippen LogP contribution in [0.15, 0.2) is 27.4 Å². The van der Waals surface area contributed by atoms with Gasteiger partial charge in [0.25, 0.3) is 5.56 Å². The van der Waals surface area contributed by atoms with Crippen LogP contribution < -0.4 is 16.6 Å². The second-order valence-electron chi connectivity index (χ2n) is 7.41. The van der Waals surface area contributed by atoms with Crippen molar-refractivity contribution in [2.24, 2.45) is 5.92 Å². The Morgan fingerprint density at radius 3 is 2.88 bits per heavy atom. The number of hydrogen-bond donors (Lipinski definition) is 3. The Bertz CT molecular complexity index is 733. The molecule has 0 bridgehead atoms. The quantitative estimate of drug-likeness (QED) is 0.481. The van der Waals surface area contributed by atoms with Crippen LogP contribution in [-0.2, 0) is 11.3 Å². The third kappa shape index (κ3) is 5.40. The number of aliphatic hydroxyl groups excluding tert-OH is 1. The molecule has 26 heavy (non-hydrogen) atoms. The molecule has 0 radical (unpaired) electrons. The standard InChI is InChI=1S/C19H31N3O4/c1-5-13(4)8-16-15(23)9-17(26-16)22-11-14(18(24)21-19(22)25)10-20-7-6-12(2)3/h6,11,13,15-17,20,23H,5,7-10H2,1-4H3,(H,21,24,25)/t13?,15?,16?,17-/m1/s1. The Labute approximate surface area is 154 Å². The summed E-state index contributed by atoms with van der Waals surface area (Å²) in [6.07, 6.45) is 4.23. The molecular formula is C19H31N3O4. The summed E-state index contributed by atoms with van der Waals surface area (Å²) < 4.78 is 7.31. The zero-order valence-electron chi connectivity index (χ0n) is 16.1. The Morgan fingerprint density at radius 1 is 1.50 bits per heavy atom. The topological polar surface area (TPSA) is 96.4 Å². The maximum Gasteiger partial charge on any atom is 0.330 e. The smallest absolute Gasteiger partial charge is 0.330 e. The highest BCUT2D eigenvalue weighted by molar-refractivity contribution is 5.06. The molecule has 1 fully saturated rings. The number of aliphatic hydroxyl groups is 1. The fourth-order valence-electron chi connectivity index (χ4n) is 3.01. The predicted molar refractivity (Wildman–Crippen MR) is 101 cm³/mol. The van der Waals surface area contributed by atoms with Crippen molar-refractivity contribution in [2.45, 2.75) is 71.9 Å². The maximum absolute atomic E-state index is 12.2. The minimum absolute atomic E-state index is 0.284. The number of hydrogen-bond acceptors (Lipinski definition) is 5. The number of aromatic amines is 1. The number of rotatable bonds is 8. The van der Waals surface area contributed by atoms with Crippen LogP contribution in [0.3, 0.4) is 0 Å². The summed E-state index contributed by atoms with van der Waals surface area (Å²) in [5.41, 5.74) is 0.752. The molecule has 1 saturated heterocycles. The molecule has 2 rings (SSSR count). The highest BCUT2D eigenvalue weighted by Crippen LogP contribution is 2.31. The third-order valence-electron chi connectivity index (χ3n) is 4.86. The molecule has 1 aliphatic rings. The first-order valence-electron chi connectivity index (χ1n) is 9.33. The van der Waals surface area contributed by atoms with Crippen LogP contribution in [0, 0.1) is 5.92 Å². The van der Waals surface area contributed by atoms with Crippen LogP contribution in [0.25, 0.3) is 0 Å². The molecule has 0 saturated carbocycles. The van der Waals surface area contributed by atoms with Gasteiger partial charge in [0.15, 0.2) is 0 Å². The number of H-pyrrole nitrogens is 1. The second kappa shape index (κ2) is 9.30. The van der Waals surface area contributed by atoms with E-state index in [-0.39, 0.29) is 6.10 Å². The SMILES string of the molecule is CCC(C)CC1O[C@@H](n2cc(CNCC=C(C)C)c(=O)[nH]c2=O)CC1O. The molecule has 4 atom stereocenters. The van der Waals surface area contributed by atoms with Crippen LogP contribution in [0.1, 0.15) is 58.7 Å². The first kappa shape index (κ1) is 20.6. The van der Waals surface area contributed by atoms with Crippen LogP contribution in [0.2, 0.25) is 0 Å². The zero-order chi connectivity index (χ0) is 19.3.